The second-order valence-corrected chi connectivity index (χ2v) is 13.9. The molecule has 0 radical (unpaired) electrons. The second kappa shape index (κ2) is 11.0. The number of benzene rings is 3. The van der Waals surface area contributed by atoms with Gasteiger partial charge in [-0.3, -0.25) is 0 Å². The third kappa shape index (κ3) is 4.79. The molecule has 3 aromatic carbocycles. The maximum Gasteiger partial charge on any atom is 0.138 e. The van der Waals surface area contributed by atoms with Crippen LogP contribution in [0.25, 0.3) is 55.5 Å². The van der Waals surface area contributed by atoms with E-state index >= 15 is 0 Å². The molecule has 0 atom stereocenters. The maximum atomic E-state index is 5.11. The Hall–Kier alpha value is -3.99. The summed E-state index contributed by atoms with van der Waals surface area (Å²) in [5.74, 6) is 0.890. The molecule has 1 aliphatic rings. The molecule has 1 aliphatic carbocycles. The fourth-order valence-electron chi connectivity index (χ4n) is 6.53. The van der Waals surface area contributed by atoms with Gasteiger partial charge in [-0.05, 0) is 86.4 Å². The summed E-state index contributed by atoms with van der Waals surface area (Å²) in [6, 6.07) is 32.3. The highest BCUT2D eigenvalue weighted by atomic mass is 32.1. The lowest BCUT2D eigenvalue weighted by Crippen LogP contribution is -1.90. The van der Waals surface area contributed by atoms with E-state index in [9.17, 15) is 0 Å². The van der Waals surface area contributed by atoms with Gasteiger partial charge in [0, 0.05) is 36.2 Å². The first-order valence-corrected chi connectivity index (χ1v) is 16.3. The fourth-order valence-corrected chi connectivity index (χ4v) is 8.67. The lowest BCUT2D eigenvalue weighted by Gasteiger charge is -2.10. The van der Waals surface area contributed by atoms with Crippen molar-refractivity contribution in [1.29, 1.82) is 0 Å². The fraction of sp³-hybridized carbons (Fsp3) is 0.184. The number of nitrogens with zero attached hydrogens (tertiary/aromatic N) is 1. The van der Waals surface area contributed by atoms with E-state index in [1.165, 1.54) is 61.0 Å². The number of rotatable bonds is 6. The highest BCUT2D eigenvalue weighted by molar-refractivity contribution is 7.16. The molecule has 7 rings (SSSR count). The zero-order valence-electron chi connectivity index (χ0n) is 24.5. The van der Waals surface area contributed by atoms with Crippen molar-refractivity contribution in [3.63, 3.8) is 0 Å². The Labute approximate surface area is 256 Å². The molecule has 4 heteroatoms. The third-order valence-corrected chi connectivity index (χ3v) is 10.7. The van der Waals surface area contributed by atoms with Gasteiger partial charge in [-0.1, -0.05) is 84.9 Å². The molecule has 0 bridgehead atoms. The van der Waals surface area contributed by atoms with Crippen molar-refractivity contribution >= 4 is 33.8 Å². The van der Waals surface area contributed by atoms with Gasteiger partial charge in [-0.25, -0.2) is 4.98 Å². The average Bonchev–Trinajstić information content (AvgIpc) is 3.80. The van der Waals surface area contributed by atoms with Crippen LogP contribution < -0.4 is 0 Å². The van der Waals surface area contributed by atoms with E-state index in [2.05, 4.69) is 118 Å². The number of thiophene rings is 2. The van der Waals surface area contributed by atoms with Gasteiger partial charge < -0.3 is 4.98 Å². The molecular formula is C38H34N2S2. The first kappa shape index (κ1) is 26.9. The van der Waals surface area contributed by atoms with E-state index in [4.69, 9.17) is 4.98 Å². The normalized spacial score (nSPS) is 13.3. The van der Waals surface area contributed by atoms with Gasteiger partial charge >= 0.3 is 0 Å². The van der Waals surface area contributed by atoms with Crippen molar-refractivity contribution < 1.29 is 0 Å². The number of aromatic amines is 1. The third-order valence-electron chi connectivity index (χ3n) is 8.44. The Bertz CT molecular complexity index is 1860. The summed E-state index contributed by atoms with van der Waals surface area (Å²) in [6.07, 6.45) is 3.60. The topological polar surface area (TPSA) is 28.7 Å². The van der Waals surface area contributed by atoms with Crippen LogP contribution in [0.4, 0.5) is 0 Å². The van der Waals surface area contributed by atoms with Gasteiger partial charge in [-0.15, -0.1) is 22.7 Å². The Morgan fingerprint density at radius 2 is 1.29 bits per heavy atom. The van der Waals surface area contributed by atoms with E-state index in [1.54, 1.807) is 11.1 Å². The molecule has 2 nitrogen and oxygen atoms in total. The second-order valence-electron chi connectivity index (χ2n) is 11.2. The minimum absolute atomic E-state index is 0.890. The summed E-state index contributed by atoms with van der Waals surface area (Å²) in [5.41, 5.74) is 14.2. The Kier molecular flexibility index (Phi) is 7.05. The average molecular weight is 583 g/mol. The van der Waals surface area contributed by atoms with Crippen molar-refractivity contribution in [2.75, 3.05) is 0 Å². The molecule has 6 aromatic rings. The Balaban J connectivity index is 1.25. The van der Waals surface area contributed by atoms with E-state index in [0.29, 0.717) is 0 Å². The maximum absolute atomic E-state index is 5.11. The molecule has 42 heavy (non-hydrogen) atoms. The van der Waals surface area contributed by atoms with Crippen LogP contribution in [0, 0.1) is 27.7 Å². The number of hydrogen-bond donors (Lipinski definition) is 1. The number of nitrogens with one attached hydrogen (secondary N) is 1. The van der Waals surface area contributed by atoms with E-state index < -0.39 is 0 Å². The lowest BCUT2D eigenvalue weighted by atomic mass is 9.93. The van der Waals surface area contributed by atoms with Crippen LogP contribution in [0.15, 0.2) is 91.0 Å². The Morgan fingerprint density at radius 3 is 1.95 bits per heavy atom. The summed E-state index contributed by atoms with van der Waals surface area (Å²) in [6.45, 7) is 9.13. The number of hydrogen-bond acceptors (Lipinski definition) is 3. The largest absolute Gasteiger partial charge is 0.337 e. The molecule has 3 aromatic heterocycles. The highest BCUT2D eigenvalue weighted by Gasteiger charge is 2.25. The summed E-state index contributed by atoms with van der Waals surface area (Å²) in [7, 11) is 0. The van der Waals surface area contributed by atoms with Crippen LogP contribution in [0.3, 0.4) is 0 Å². The standard InChI is InChI=1S/C38H34N2S2/c1-23-22-33(25(3)41-23)31-16-11-17-32(31)34-24(2)37(42-26(34)4)29-18-20-30(21-19-29)38-39-35(27-12-7-5-8-13-27)36(40-38)28-14-9-6-10-15-28/h5-10,12-15,18-22H,11,16-17H2,1-4H3,(H,39,40). The minimum atomic E-state index is 0.890. The molecule has 0 saturated carbocycles. The van der Waals surface area contributed by atoms with Crippen LogP contribution in [-0.2, 0) is 0 Å². The summed E-state index contributed by atoms with van der Waals surface area (Å²) in [4.78, 5) is 14.4. The molecular weight excluding hydrogens is 549 g/mol. The van der Waals surface area contributed by atoms with Gasteiger partial charge in [0.2, 0.25) is 0 Å². The first-order valence-electron chi connectivity index (χ1n) is 14.7. The van der Waals surface area contributed by atoms with Gasteiger partial charge in [0.15, 0.2) is 0 Å². The number of H-pyrrole nitrogens is 1. The van der Waals surface area contributed by atoms with Gasteiger partial charge in [0.05, 0.1) is 11.4 Å². The molecule has 0 aliphatic heterocycles. The van der Waals surface area contributed by atoms with Gasteiger partial charge in [0.25, 0.3) is 0 Å². The molecule has 0 unspecified atom stereocenters. The molecule has 208 valence electrons. The number of aromatic nitrogens is 2. The van der Waals surface area contributed by atoms with Crippen LogP contribution in [-0.4, -0.2) is 9.97 Å². The summed E-state index contributed by atoms with van der Waals surface area (Å²) < 4.78 is 0. The summed E-state index contributed by atoms with van der Waals surface area (Å²) >= 11 is 3.86. The van der Waals surface area contributed by atoms with E-state index in [1.807, 2.05) is 28.7 Å². The molecule has 0 saturated heterocycles. The van der Waals surface area contributed by atoms with E-state index in [-0.39, 0.29) is 0 Å². The predicted molar refractivity (Wildman–Crippen MR) is 182 cm³/mol. The van der Waals surface area contributed by atoms with Crippen molar-refractivity contribution in [1.82, 2.24) is 9.97 Å². The summed E-state index contributed by atoms with van der Waals surface area (Å²) in [5, 5.41) is 0. The monoisotopic (exact) mass is 582 g/mol. The van der Waals surface area contributed by atoms with Gasteiger partial charge in [-0.2, -0.15) is 0 Å². The quantitative estimate of drug-likeness (QED) is 0.208. The smallest absolute Gasteiger partial charge is 0.138 e. The Morgan fingerprint density at radius 1 is 0.643 bits per heavy atom. The van der Waals surface area contributed by atoms with E-state index in [0.717, 1.165) is 33.9 Å². The number of imidazole rings is 1. The molecule has 0 spiro atoms. The highest BCUT2D eigenvalue weighted by Crippen LogP contribution is 2.48. The van der Waals surface area contributed by atoms with Crippen molar-refractivity contribution in [3.8, 4) is 44.3 Å². The first-order chi connectivity index (χ1) is 20.5. The molecule has 3 heterocycles. The number of aryl methyl sites for hydroxylation is 3. The van der Waals surface area contributed by atoms with Crippen LogP contribution >= 0.6 is 22.7 Å². The minimum Gasteiger partial charge on any atom is -0.337 e. The zero-order valence-corrected chi connectivity index (χ0v) is 26.2. The van der Waals surface area contributed by atoms with Crippen LogP contribution in [0.1, 0.15) is 50.6 Å². The lowest BCUT2D eigenvalue weighted by molar-refractivity contribution is 0.941. The van der Waals surface area contributed by atoms with Crippen LogP contribution in [0.2, 0.25) is 0 Å². The predicted octanol–water partition coefficient (Wildman–Crippen LogP) is 11.5. The number of allylic oxidation sites excluding steroid dienone is 2. The SMILES string of the molecule is Cc1cc(C2=C(c3c(C)sc(-c4ccc(-c5nc(-c6ccccc6)c(-c6ccccc6)[nH]5)cc4)c3C)CCC2)c(C)s1. The van der Waals surface area contributed by atoms with Crippen molar-refractivity contribution in [2.45, 2.75) is 47.0 Å². The van der Waals surface area contributed by atoms with Crippen molar-refractivity contribution in [2.24, 2.45) is 0 Å². The van der Waals surface area contributed by atoms with Gasteiger partial charge in [0.1, 0.15) is 5.82 Å². The zero-order chi connectivity index (χ0) is 28.8. The van der Waals surface area contributed by atoms with Crippen molar-refractivity contribution in [3.05, 3.63) is 122 Å². The molecule has 0 amide bonds. The molecule has 1 N–H and O–H groups in total. The molecule has 0 fully saturated rings. The van der Waals surface area contributed by atoms with Crippen LogP contribution in [0.5, 0.6) is 0 Å².